The van der Waals surface area contributed by atoms with Crippen LogP contribution in [-0.2, 0) is 6.18 Å². The molecule has 0 saturated heterocycles. The number of hydrogen-bond donors (Lipinski definition) is 0. The van der Waals surface area contributed by atoms with Crippen LogP contribution in [0.15, 0.2) is 36.5 Å². The number of pyridine rings is 1. The maximum atomic E-state index is 13.2. The van der Waals surface area contributed by atoms with Gasteiger partial charge in [0.25, 0.3) is 0 Å². The summed E-state index contributed by atoms with van der Waals surface area (Å²) in [4.78, 5) is 3.73. The largest absolute Gasteiger partial charge is 0.418 e. The maximum absolute atomic E-state index is 13.2. The van der Waals surface area contributed by atoms with E-state index in [4.69, 9.17) is 0 Å². The van der Waals surface area contributed by atoms with Crippen LogP contribution < -0.4 is 0 Å². The lowest BCUT2D eigenvalue weighted by molar-refractivity contribution is -0.137. The molecule has 0 bridgehead atoms. The summed E-state index contributed by atoms with van der Waals surface area (Å²) in [6.45, 7) is 1.61. The van der Waals surface area contributed by atoms with Crippen LogP contribution in [0.4, 0.5) is 17.6 Å². The zero-order valence-electron chi connectivity index (χ0n) is 9.42. The van der Waals surface area contributed by atoms with E-state index in [1.807, 2.05) is 0 Å². The van der Waals surface area contributed by atoms with Crippen LogP contribution in [0.1, 0.15) is 11.1 Å². The molecule has 1 aromatic carbocycles. The molecular weight excluding hydrogens is 246 g/mol. The SMILES string of the molecule is Cc1ccc(F)cc1-c1ncccc1C(F)(F)F. The Kier molecular flexibility index (Phi) is 3.07. The molecule has 2 rings (SSSR count). The standard InChI is InChI=1S/C13H9F4N/c1-8-4-5-9(14)7-10(8)12-11(13(15,16)17)3-2-6-18-12/h2-7H,1H3. The lowest BCUT2D eigenvalue weighted by atomic mass is 10.0. The molecule has 94 valence electrons. The van der Waals surface area contributed by atoms with Gasteiger partial charge < -0.3 is 0 Å². The van der Waals surface area contributed by atoms with Crippen molar-refractivity contribution in [1.82, 2.24) is 4.98 Å². The van der Waals surface area contributed by atoms with E-state index in [2.05, 4.69) is 4.98 Å². The third-order valence-corrected chi connectivity index (χ3v) is 2.57. The molecule has 0 atom stereocenters. The van der Waals surface area contributed by atoms with Gasteiger partial charge in [-0.3, -0.25) is 4.98 Å². The number of benzene rings is 1. The first-order valence-corrected chi connectivity index (χ1v) is 5.18. The van der Waals surface area contributed by atoms with Crippen molar-refractivity contribution in [3.8, 4) is 11.3 Å². The van der Waals surface area contributed by atoms with E-state index in [-0.39, 0.29) is 11.3 Å². The van der Waals surface area contributed by atoms with E-state index < -0.39 is 17.6 Å². The topological polar surface area (TPSA) is 12.9 Å². The molecule has 0 spiro atoms. The predicted molar refractivity (Wildman–Crippen MR) is 59.4 cm³/mol. The van der Waals surface area contributed by atoms with E-state index >= 15 is 0 Å². The summed E-state index contributed by atoms with van der Waals surface area (Å²) in [6, 6.07) is 5.84. The van der Waals surface area contributed by atoms with E-state index in [1.165, 1.54) is 24.4 Å². The molecule has 0 aliphatic heterocycles. The first kappa shape index (κ1) is 12.5. The number of alkyl halides is 3. The fourth-order valence-corrected chi connectivity index (χ4v) is 1.70. The minimum atomic E-state index is -4.51. The van der Waals surface area contributed by atoms with Gasteiger partial charge in [0.1, 0.15) is 5.82 Å². The van der Waals surface area contributed by atoms with Crippen molar-refractivity contribution in [3.05, 3.63) is 53.5 Å². The quantitative estimate of drug-likeness (QED) is 0.695. The normalized spacial score (nSPS) is 11.6. The Balaban J connectivity index is 2.68. The van der Waals surface area contributed by atoms with E-state index in [0.29, 0.717) is 5.56 Å². The van der Waals surface area contributed by atoms with Crippen molar-refractivity contribution < 1.29 is 17.6 Å². The van der Waals surface area contributed by atoms with Crippen LogP contribution in [-0.4, -0.2) is 4.98 Å². The molecule has 0 unspecified atom stereocenters. The highest BCUT2D eigenvalue weighted by Gasteiger charge is 2.34. The van der Waals surface area contributed by atoms with Crippen LogP contribution in [0.2, 0.25) is 0 Å². The van der Waals surface area contributed by atoms with Gasteiger partial charge in [-0.1, -0.05) is 6.07 Å². The third-order valence-electron chi connectivity index (χ3n) is 2.57. The summed E-state index contributed by atoms with van der Waals surface area (Å²) in [5.74, 6) is -0.589. The molecule has 1 aromatic heterocycles. The molecule has 0 aliphatic carbocycles. The number of rotatable bonds is 1. The van der Waals surface area contributed by atoms with Crippen LogP contribution in [0, 0.1) is 12.7 Å². The predicted octanol–water partition coefficient (Wildman–Crippen LogP) is 4.21. The van der Waals surface area contributed by atoms with Gasteiger partial charge in [0.2, 0.25) is 0 Å². The molecule has 0 fully saturated rings. The third kappa shape index (κ3) is 2.34. The van der Waals surface area contributed by atoms with Crippen molar-refractivity contribution >= 4 is 0 Å². The van der Waals surface area contributed by atoms with Crippen molar-refractivity contribution in [3.63, 3.8) is 0 Å². The smallest absolute Gasteiger partial charge is 0.256 e. The summed E-state index contributed by atoms with van der Waals surface area (Å²) < 4.78 is 51.6. The van der Waals surface area contributed by atoms with Crippen LogP contribution in [0.5, 0.6) is 0 Å². The summed E-state index contributed by atoms with van der Waals surface area (Å²) in [7, 11) is 0. The molecule has 0 radical (unpaired) electrons. The summed E-state index contributed by atoms with van der Waals surface area (Å²) in [5.41, 5.74) is -0.413. The van der Waals surface area contributed by atoms with E-state index in [0.717, 1.165) is 12.1 Å². The highest BCUT2D eigenvalue weighted by molar-refractivity contribution is 5.67. The minimum absolute atomic E-state index is 0.155. The summed E-state index contributed by atoms with van der Waals surface area (Å²) in [5, 5.41) is 0. The zero-order chi connectivity index (χ0) is 13.3. The van der Waals surface area contributed by atoms with Gasteiger partial charge in [0.05, 0.1) is 11.3 Å². The summed E-state index contributed by atoms with van der Waals surface area (Å²) in [6.07, 6.45) is -3.25. The highest BCUT2D eigenvalue weighted by Crippen LogP contribution is 2.36. The molecule has 0 saturated carbocycles. The van der Waals surface area contributed by atoms with Crippen molar-refractivity contribution in [2.24, 2.45) is 0 Å². The van der Waals surface area contributed by atoms with Crippen molar-refractivity contribution in [2.45, 2.75) is 13.1 Å². The van der Waals surface area contributed by atoms with E-state index in [9.17, 15) is 17.6 Å². The molecular formula is C13H9F4N. The molecule has 0 amide bonds. The Hall–Kier alpha value is -1.91. The fraction of sp³-hybridized carbons (Fsp3) is 0.154. The molecule has 18 heavy (non-hydrogen) atoms. The fourth-order valence-electron chi connectivity index (χ4n) is 1.70. The van der Waals surface area contributed by atoms with Crippen LogP contribution >= 0.6 is 0 Å². The number of halogens is 4. The monoisotopic (exact) mass is 255 g/mol. The highest BCUT2D eigenvalue weighted by atomic mass is 19.4. The molecule has 5 heteroatoms. The average Bonchev–Trinajstić information content (AvgIpc) is 2.31. The number of aromatic nitrogens is 1. The molecule has 1 heterocycles. The second-order valence-electron chi connectivity index (χ2n) is 3.86. The van der Waals surface area contributed by atoms with Gasteiger partial charge in [0.15, 0.2) is 0 Å². The second kappa shape index (κ2) is 4.40. The average molecular weight is 255 g/mol. The Morgan fingerprint density at radius 3 is 2.50 bits per heavy atom. The van der Waals surface area contributed by atoms with Gasteiger partial charge in [-0.15, -0.1) is 0 Å². The Morgan fingerprint density at radius 2 is 1.83 bits per heavy atom. The molecule has 1 nitrogen and oxygen atoms in total. The molecule has 2 aromatic rings. The molecule has 0 N–H and O–H groups in total. The van der Waals surface area contributed by atoms with Gasteiger partial charge in [-0.05, 0) is 36.8 Å². The van der Waals surface area contributed by atoms with Gasteiger partial charge in [0, 0.05) is 11.8 Å². The minimum Gasteiger partial charge on any atom is -0.256 e. The lowest BCUT2D eigenvalue weighted by Gasteiger charge is -2.13. The van der Waals surface area contributed by atoms with Crippen LogP contribution in [0.25, 0.3) is 11.3 Å². The van der Waals surface area contributed by atoms with Gasteiger partial charge in [-0.2, -0.15) is 13.2 Å². The van der Waals surface area contributed by atoms with Crippen LogP contribution in [0.3, 0.4) is 0 Å². The number of aryl methyl sites for hydroxylation is 1. The first-order valence-electron chi connectivity index (χ1n) is 5.18. The number of hydrogen-bond acceptors (Lipinski definition) is 1. The first-order chi connectivity index (χ1) is 8.39. The Labute approximate surface area is 101 Å². The lowest BCUT2D eigenvalue weighted by Crippen LogP contribution is -2.08. The maximum Gasteiger partial charge on any atom is 0.418 e. The Bertz CT molecular complexity index is 575. The van der Waals surface area contributed by atoms with Crippen molar-refractivity contribution in [1.29, 1.82) is 0 Å². The molecule has 0 aliphatic rings. The summed E-state index contributed by atoms with van der Waals surface area (Å²) >= 11 is 0. The zero-order valence-corrected chi connectivity index (χ0v) is 9.42. The van der Waals surface area contributed by atoms with E-state index in [1.54, 1.807) is 6.92 Å². The Morgan fingerprint density at radius 1 is 1.11 bits per heavy atom. The van der Waals surface area contributed by atoms with Gasteiger partial charge >= 0.3 is 6.18 Å². The second-order valence-corrected chi connectivity index (χ2v) is 3.86. The number of nitrogens with zero attached hydrogens (tertiary/aromatic N) is 1. The van der Waals surface area contributed by atoms with Crippen molar-refractivity contribution in [2.75, 3.05) is 0 Å². The van der Waals surface area contributed by atoms with Gasteiger partial charge in [-0.25, -0.2) is 4.39 Å².